The molecule has 1 aromatic carbocycles. The van der Waals surface area contributed by atoms with Crippen LogP contribution in [0, 0.1) is 19.3 Å². The molecule has 0 aliphatic carbocycles. The molecule has 1 amide bonds. The lowest BCUT2D eigenvalue weighted by Gasteiger charge is -2.13. The summed E-state index contributed by atoms with van der Waals surface area (Å²) in [4.78, 5) is 25.2. The van der Waals surface area contributed by atoms with Crippen LogP contribution in [0.25, 0.3) is 27.1 Å². The Labute approximate surface area is 154 Å². The van der Waals surface area contributed by atoms with Crippen LogP contribution in [0.3, 0.4) is 0 Å². The summed E-state index contributed by atoms with van der Waals surface area (Å²) in [6.45, 7) is 9.21. The van der Waals surface area contributed by atoms with Crippen molar-refractivity contribution < 1.29 is 18.8 Å². The number of methoxy groups -OCH3 is 1. The quantitative estimate of drug-likeness (QED) is 0.564. The number of fused-ring (bicyclic) bond motifs is 1. The van der Waals surface area contributed by atoms with Crippen LogP contribution in [-0.2, 0) is 4.84 Å². The Hall–Kier alpha value is -3.51. The molecule has 0 aliphatic rings. The highest BCUT2D eigenvalue weighted by molar-refractivity contribution is 6.07. The van der Waals surface area contributed by atoms with Crippen molar-refractivity contribution in [2.24, 2.45) is 0 Å². The number of rotatable bonds is 4. The summed E-state index contributed by atoms with van der Waals surface area (Å²) in [6.07, 6.45) is 0. The number of aromatic amines is 1. The van der Waals surface area contributed by atoms with Crippen molar-refractivity contribution in [3.05, 3.63) is 46.7 Å². The molecule has 0 atom stereocenters. The summed E-state index contributed by atoms with van der Waals surface area (Å²) in [5, 5.41) is 8.10. The third-order valence-corrected chi connectivity index (χ3v) is 4.23. The van der Waals surface area contributed by atoms with E-state index in [9.17, 15) is 9.18 Å². The Kier molecular flexibility index (Phi) is 4.75. The first-order valence-corrected chi connectivity index (χ1v) is 7.85. The lowest BCUT2D eigenvalue weighted by Crippen LogP contribution is -2.26. The lowest BCUT2D eigenvalue weighted by molar-refractivity contribution is -0.0759. The van der Waals surface area contributed by atoms with Gasteiger partial charge in [0.15, 0.2) is 11.3 Å². The van der Waals surface area contributed by atoms with E-state index in [1.807, 2.05) is 0 Å². The lowest BCUT2D eigenvalue weighted by atomic mass is 10.0. The smallest absolute Gasteiger partial charge is 0.298 e. The Balaban J connectivity index is 2.26. The predicted octanol–water partition coefficient (Wildman–Crippen LogP) is 3.27. The molecule has 0 radical (unpaired) electrons. The number of aromatic nitrogens is 3. The molecular formula is C18H16FN5O3. The number of halogens is 1. The van der Waals surface area contributed by atoms with E-state index >= 15 is 0 Å². The van der Waals surface area contributed by atoms with Crippen LogP contribution < -0.4 is 4.74 Å². The van der Waals surface area contributed by atoms with Gasteiger partial charge in [-0.05, 0) is 24.6 Å². The van der Waals surface area contributed by atoms with Crippen molar-refractivity contribution in [3.63, 3.8) is 0 Å². The molecule has 0 unspecified atom stereocenters. The molecule has 3 rings (SSSR count). The Bertz CT molecular complexity index is 1090. The van der Waals surface area contributed by atoms with Crippen LogP contribution in [0.15, 0.2) is 18.2 Å². The summed E-state index contributed by atoms with van der Waals surface area (Å²) in [5.74, 6) is -0.705. The predicted molar refractivity (Wildman–Crippen MR) is 95.9 cm³/mol. The number of carbonyl (C=O) groups is 1. The number of pyridine rings is 1. The van der Waals surface area contributed by atoms with Gasteiger partial charge in [-0.1, -0.05) is 0 Å². The van der Waals surface area contributed by atoms with Crippen molar-refractivity contribution in [2.45, 2.75) is 6.92 Å². The normalized spacial score (nSPS) is 10.7. The molecule has 0 fully saturated rings. The molecule has 0 aliphatic heterocycles. The maximum atomic E-state index is 14.5. The largest absolute Gasteiger partial charge is 0.497 e. The summed E-state index contributed by atoms with van der Waals surface area (Å²) < 4.78 is 19.5. The van der Waals surface area contributed by atoms with Crippen molar-refractivity contribution in [2.75, 3.05) is 21.3 Å². The molecule has 9 heteroatoms. The molecule has 0 bridgehead atoms. The van der Waals surface area contributed by atoms with Gasteiger partial charge in [0.2, 0.25) is 5.69 Å². The molecule has 27 heavy (non-hydrogen) atoms. The minimum absolute atomic E-state index is 0.0750. The highest BCUT2D eigenvalue weighted by Gasteiger charge is 2.25. The number of aryl methyl sites for hydroxylation is 1. The second kappa shape index (κ2) is 7.01. The van der Waals surface area contributed by atoms with Gasteiger partial charge in [-0.3, -0.25) is 14.7 Å². The highest BCUT2D eigenvalue weighted by atomic mass is 19.1. The molecule has 2 aromatic heterocycles. The SMILES string of the molecule is [C-]#[N+]c1c(-c2ccc(OC)cc2F)nc2[nH]nc(C(=O)N(C)OC)c2c1C. The van der Waals surface area contributed by atoms with Gasteiger partial charge in [-0.25, -0.2) is 19.3 Å². The molecule has 3 aromatic rings. The number of carbonyl (C=O) groups excluding carboxylic acids is 1. The Morgan fingerprint density at radius 3 is 2.70 bits per heavy atom. The van der Waals surface area contributed by atoms with Gasteiger partial charge in [0.1, 0.15) is 11.6 Å². The third-order valence-electron chi connectivity index (χ3n) is 4.23. The van der Waals surface area contributed by atoms with E-state index in [0.717, 1.165) is 5.06 Å². The average molecular weight is 369 g/mol. The molecule has 8 nitrogen and oxygen atoms in total. The van der Waals surface area contributed by atoms with Crippen LogP contribution in [0.5, 0.6) is 5.75 Å². The van der Waals surface area contributed by atoms with Crippen LogP contribution in [0.1, 0.15) is 16.1 Å². The maximum Gasteiger partial charge on any atom is 0.298 e. The molecule has 2 heterocycles. The summed E-state index contributed by atoms with van der Waals surface area (Å²) in [7, 11) is 4.24. The topological polar surface area (TPSA) is 84.7 Å². The van der Waals surface area contributed by atoms with Crippen LogP contribution >= 0.6 is 0 Å². The van der Waals surface area contributed by atoms with E-state index in [-0.39, 0.29) is 28.3 Å². The second-order valence-electron chi connectivity index (χ2n) is 5.67. The van der Waals surface area contributed by atoms with E-state index in [0.29, 0.717) is 16.7 Å². The number of amides is 1. The standard InChI is InChI=1S/C18H16FN5O3/c1-9-13-16(18(25)24(3)27-5)22-23-17(13)21-15(14(9)20-2)11-7-6-10(26-4)8-12(11)19/h6-8H,1,3-5H3,(H,21,22,23). The monoisotopic (exact) mass is 369 g/mol. The summed E-state index contributed by atoms with van der Waals surface area (Å²) >= 11 is 0. The first-order valence-electron chi connectivity index (χ1n) is 7.85. The average Bonchev–Trinajstić information content (AvgIpc) is 3.10. The fourth-order valence-electron chi connectivity index (χ4n) is 2.76. The van der Waals surface area contributed by atoms with Gasteiger partial charge in [0.25, 0.3) is 5.91 Å². The minimum Gasteiger partial charge on any atom is -0.497 e. The van der Waals surface area contributed by atoms with E-state index in [2.05, 4.69) is 20.0 Å². The number of ether oxygens (including phenoxy) is 1. The van der Waals surface area contributed by atoms with Crippen molar-refractivity contribution in [1.29, 1.82) is 0 Å². The number of hydroxylamine groups is 2. The zero-order chi connectivity index (χ0) is 19.7. The van der Waals surface area contributed by atoms with Crippen LogP contribution in [-0.4, -0.2) is 47.4 Å². The van der Waals surface area contributed by atoms with Gasteiger partial charge in [-0.15, -0.1) is 0 Å². The Morgan fingerprint density at radius 1 is 1.37 bits per heavy atom. The molecule has 0 spiro atoms. The molecule has 0 saturated heterocycles. The second-order valence-corrected chi connectivity index (χ2v) is 5.67. The fourth-order valence-corrected chi connectivity index (χ4v) is 2.76. The van der Waals surface area contributed by atoms with Gasteiger partial charge >= 0.3 is 0 Å². The number of H-pyrrole nitrogens is 1. The van der Waals surface area contributed by atoms with Crippen molar-refractivity contribution in [3.8, 4) is 17.0 Å². The fraction of sp³-hybridized carbons (Fsp3) is 0.222. The highest BCUT2D eigenvalue weighted by Crippen LogP contribution is 2.38. The number of hydrogen-bond donors (Lipinski definition) is 1. The zero-order valence-corrected chi connectivity index (χ0v) is 15.1. The first kappa shape index (κ1) is 18.3. The molecule has 0 saturated carbocycles. The van der Waals surface area contributed by atoms with Gasteiger partial charge in [0, 0.05) is 24.1 Å². The van der Waals surface area contributed by atoms with Gasteiger partial charge in [0.05, 0.1) is 26.5 Å². The zero-order valence-electron chi connectivity index (χ0n) is 15.1. The molecular weight excluding hydrogens is 353 g/mol. The van der Waals surface area contributed by atoms with Gasteiger partial charge in [-0.2, -0.15) is 5.10 Å². The van der Waals surface area contributed by atoms with Gasteiger partial charge < -0.3 is 4.74 Å². The third kappa shape index (κ3) is 2.96. The van der Waals surface area contributed by atoms with E-state index in [1.54, 1.807) is 13.0 Å². The number of hydrogen-bond acceptors (Lipinski definition) is 5. The number of nitrogens with one attached hydrogen (secondary N) is 1. The van der Waals surface area contributed by atoms with Crippen molar-refractivity contribution in [1.82, 2.24) is 20.2 Å². The number of nitrogens with zero attached hydrogens (tertiary/aromatic N) is 4. The summed E-state index contributed by atoms with van der Waals surface area (Å²) in [6, 6.07) is 4.31. The minimum atomic E-state index is -0.569. The van der Waals surface area contributed by atoms with Crippen molar-refractivity contribution >= 4 is 22.6 Å². The maximum absolute atomic E-state index is 14.5. The first-order chi connectivity index (χ1) is 12.9. The van der Waals surface area contributed by atoms with E-state index < -0.39 is 11.7 Å². The molecule has 138 valence electrons. The molecule has 1 N–H and O–H groups in total. The van der Waals surface area contributed by atoms with E-state index in [4.69, 9.17) is 16.1 Å². The van der Waals surface area contributed by atoms with Crippen LogP contribution in [0.4, 0.5) is 10.1 Å². The van der Waals surface area contributed by atoms with Crippen LogP contribution in [0.2, 0.25) is 0 Å². The summed E-state index contributed by atoms with van der Waals surface area (Å²) in [5.41, 5.74) is 1.29. The number of benzene rings is 1. The van der Waals surface area contributed by atoms with E-state index in [1.165, 1.54) is 33.4 Å². The Morgan fingerprint density at radius 2 is 2.11 bits per heavy atom.